The second kappa shape index (κ2) is 14.8. The van der Waals surface area contributed by atoms with Gasteiger partial charge < -0.3 is 29.3 Å². The summed E-state index contributed by atoms with van der Waals surface area (Å²) >= 11 is 13.6. The average Bonchev–Trinajstić information content (AvgIpc) is 3.43. The molecule has 1 N–H and O–H groups in total. The minimum atomic E-state index is -0.440. The monoisotopic (exact) mass is 579 g/mol. The van der Waals surface area contributed by atoms with Crippen molar-refractivity contribution in [2.75, 3.05) is 52.9 Å². The van der Waals surface area contributed by atoms with Crippen LogP contribution < -0.4 is 14.8 Å². The molecule has 3 aromatic rings. The van der Waals surface area contributed by atoms with Crippen molar-refractivity contribution in [3.05, 3.63) is 74.4 Å². The number of anilines is 1. The SMILES string of the molecule is COCCN(CC(=O)N(CCc1ccc(OC)c(OC)c1)Cc1cccs1)C(=O)Nc1ccc(Cl)c(Cl)c1. The molecule has 38 heavy (non-hydrogen) atoms. The highest BCUT2D eigenvalue weighted by Crippen LogP contribution is 2.28. The maximum atomic E-state index is 13.5. The summed E-state index contributed by atoms with van der Waals surface area (Å²) in [5.74, 6) is 1.09. The number of hydrogen-bond acceptors (Lipinski definition) is 6. The van der Waals surface area contributed by atoms with E-state index in [9.17, 15) is 9.59 Å². The van der Waals surface area contributed by atoms with Crippen LogP contribution in [0.5, 0.6) is 11.5 Å². The van der Waals surface area contributed by atoms with Gasteiger partial charge in [0.1, 0.15) is 6.54 Å². The molecule has 0 fully saturated rings. The zero-order valence-electron chi connectivity index (χ0n) is 21.5. The first-order chi connectivity index (χ1) is 18.3. The first kappa shape index (κ1) is 29.6. The third-order valence-corrected chi connectivity index (χ3v) is 7.35. The minimum absolute atomic E-state index is 0.117. The second-order valence-corrected chi connectivity index (χ2v) is 10.2. The van der Waals surface area contributed by atoms with Crippen LogP contribution >= 0.6 is 34.5 Å². The predicted molar refractivity (Wildman–Crippen MR) is 152 cm³/mol. The maximum absolute atomic E-state index is 13.5. The number of ether oxygens (including phenoxy) is 3. The van der Waals surface area contributed by atoms with E-state index in [1.807, 2.05) is 35.7 Å². The number of rotatable bonds is 13. The number of benzene rings is 2. The van der Waals surface area contributed by atoms with E-state index in [4.69, 9.17) is 37.4 Å². The van der Waals surface area contributed by atoms with E-state index in [0.29, 0.717) is 46.7 Å². The lowest BCUT2D eigenvalue weighted by Crippen LogP contribution is -2.46. The Kier molecular flexibility index (Phi) is 11.5. The highest BCUT2D eigenvalue weighted by atomic mass is 35.5. The Balaban J connectivity index is 1.74. The Hall–Kier alpha value is -2.98. The van der Waals surface area contributed by atoms with Gasteiger partial charge in [0.25, 0.3) is 0 Å². The summed E-state index contributed by atoms with van der Waals surface area (Å²) in [5.41, 5.74) is 1.48. The molecule has 0 unspecified atom stereocenters. The van der Waals surface area contributed by atoms with Gasteiger partial charge in [0.2, 0.25) is 5.91 Å². The lowest BCUT2D eigenvalue weighted by molar-refractivity contribution is -0.132. The van der Waals surface area contributed by atoms with E-state index in [1.54, 1.807) is 55.8 Å². The number of amides is 3. The Morgan fingerprint density at radius 3 is 2.37 bits per heavy atom. The predicted octanol–water partition coefficient (Wildman–Crippen LogP) is 5.82. The first-order valence-corrected chi connectivity index (χ1v) is 13.5. The molecule has 8 nitrogen and oxygen atoms in total. The third kappa shape index (κ3) is 8.52. The minimum Gasteiger partial charge on any atom is -0.493 e. The van der Waals surface area contributed by atoms with Gasteiger partial charge in [-0.2, -0.15) is 0 Å². The van der Waals surface area contributed by atoms with Crippen LogP contribution in [0.2, 0.25) is 10.0 Å². The highest BCUT2D eigenvalue weighted by molar-refractivity contribution is 7.09. The molecule has 0 aliphatic rings. The molecule has 3 amide bonds. The standard InChI is InChI=1S/C27H31Cl2N3O5S/c1-35-13-12-32(27(34)30-20-7-8-22(28)23(29)16-20)18-26(33)31(17-21-5-4-14-38-21)11-10-19-6-9-24(36-2)25(15-19)37-3/h4-9,14-16H,10-13,17-18H2,1-3H3,(H,30,34). The Morgan fingerprint density at radius 1 is 0.921 bits per heavy atom. The zero-order valence-corrected chi connectivity index (χ0v) is 23.9. The molecule has 0 aliphatic carbocycles. The van der Waals surface area contributed by atoms with Crippen molar-refractivity contribution in [2.45, 2.75) is 13.0 Å². The summed E-state index contributed by atoms with van der Waals surface area (Å²) in [6, 6.07) is 14.0. The fourth-order valence-electron chi connectivity index (χ4n) is 3.68. The Bertz CT molecular complexity index is 1210. The molecule has 1 aromatic heterocycles. The van der Waals surface area contributed by atoms with Crippen LogP contribution in [0.25, 0.3) is 0 Å². The fourth-order valence-corrected chi connectivity index (χ4v) is 4.69. The molecule has 0 radical (unpaired) electrons. The lowest BCUT2D eigenvalue weighted by atomic mass is 10.1. The normalized spacial score (nSPS) is 10.7. The molecule has 2 aromatic carbocycles. The summed E-state index contributed by atoms with van der Waals surface area (Å²) in [4.78, 5) is 30.8. The van der Waals surface area contributed by atoms with Crippen LogP contribution in [0.1, 0.15) is 10.4 Å². The molecule has 1 heterocycles. The average molecular weight is 581 g/mol. The van der Waals surface area contributed by atoms with Gasteiger partial charge in [-0.05, 0) is 53.8 Å². The van der Waals surface area contributed by atoms with Crippen molar-refractivity contribution in [3.63, 3.8) is 0 Å². The summed E-state index contributed by atoms with van der Waals surface area (Å²) in [5, 5.41) is 5.46. The van der Waals surface area contributed by atoms with Crippen LogP contribution in [-0.4, -0.2) is 69.3 Å². The number of methoxy groups -OCH3 is 3. The molecule has 0 atom stereocenters. The van der Waals surface area contributed by atoms with Crippen molar-refractivity contribution < 1.29 is 23.8 Å². The van der Waals surface area contributed by atoms with Gasteiger partial charge >= 0.3 is 6.03 Å². The van der Waals surface area contributed by atoms with Gasteiger partial charge in [-0.15, -0.1) is 11.3 Å². The summed E-state index contributed by atoms with van der Waals surface area (Å²) in [6.45, 7) is 1.29. The maximum Gasteiger partial charge on any atom is 0.322 e. The number of nitrogens with zero attached hydrogens (tertiary/aromatic N) is 2. The van der Waals surface area contributed by atoms with E-state index in [1.165, 1.54) is 4.90 Å². The smallest absolute Gasteiger partial charge is 0.322 e. The van der Waals surface area contributed by atoms with Crippen molar-refractivity contribution in [1.82, 2.24) is 9.80 Å². The van der Waals surface area contributed by atoms with Crippen molar-refractivity contribution >= 4 is 52.2 Å². The summed E-state index contributed by atoms with van der Waals surface area (Å²) < 4.78 is 15.9. The van der Waals surface area contributed by atoms with Crippen LogP contribution in [-0.2, 0) is 22.5 Å². The quantitative estimate of drug-likeness (QED) is 0.276. The third-order valence-electron chi connectivity index (χ3n) is 5.75. The summed E-state index contributed by atoms with van der Waals surface area (Å²) in [6.07, 6.45) is 0.602. The number of carbonyl (C=O) groups is 2. The molecular formula is C27H31Cl2N3O5S. The summed E-state index contributed by atoms with van der Waals surface area (Å²) in [7, 11) is 4.72. The largest absolute Gasteiger partial charge is 0.493 e. The second-order valence-electron chi connectivity index (χ2n) is 8.31. The molecule has 0 saturated heterocycles. The van der Waals surface area contributed by atoms with Gasteiger partial charge in [0.05, 0.1) is 37.4 Å². The Morgan fingerprint density at radius 2 is 1.71 bits per heavy atom. The van der Waals surface area contributed by atoms with Gasteiger partial charge in [0.15, 0.2) is 11.5 Å². The zero-order chi connectivity index (χ0) is 27.5. The number of carbonyl (C=O) groups excluding carboxylic acids is 2. The van der Waals surface area contributed by atoms with Gasteiger partial charge in [-0.3, -0.25) is 4.79 Å². The molecule has 204 valence electrons. The van der Waals surface area contributed by atoms with Crippen LogP contribution in [0.15, 0.2) is 53.9 Å². The molecule has 0 aliphatic heterocycles. The van der Waals surface area contributed by atoms with Crippen LogP contribution in [0, 0.1) is 0 Å². The number of halogens is 2. The number of hydrogen-bond donors (Lipinski definition) is 1. The molecule has 0 bridgehead atoms. The van der Waals surface area contributed by atoms with Gasteiger partial charge in [0, 0.05) is 30.8 Å². The van der Waals surface area contributed by atoms with Crippen molar-refractivity contribution in [2.24, 2.45) is 0 Å². The van der Waals surface area contributed by atoms with Crippen LogP contribution in [0.4, 0.5) is 10.5 Å². The molecule has 0 spiro atoms. The Labute approximate surface area is 237 Å². The van der Waals surface area contributed by atoms with Gasteiger partial charge in [-0.25, -0.2) is 4.79 Å². The van der Waals surface area contributed by atoms with E-state index >= 15 is 0 Å². The molecule has 11 heteroatoms. The van der Waals surface area contributed by atoms with Crippen LogP contribution in [0.3, 0.4) is 0 Å². The van der Waals surface area contributed by atoms with E-state index < -0.39 is 6.03 Å². The number of nitrogens with one attached hydrogen (secondary N) is 1. The number of thiophene rings is 1. The first-order valence-electron chi connectivity index (χ1n) is 11.9. The topological polar surface area (TPSA) is 80.3 Å². The van der Waals surface area contributed by atoms with E-state index in [0.717, 1.165) is 10.4 Å². The van der Waals surface area contributed by atoms with E-state index in [2.05, 4.69) is 5.32 Å². The molecule has 3 rings (SSSR count). The van der Waals surface area contributed by atoms with Crippen molar-refractivity contribution in [3.8, 4) is 11.5 Å². The van der Waals surface area contributed by atoms with Crippen molar-refractivity contribution in [1.29, 1.82) is 0 Å². The fraction of sp³-hybridized carbons (Fsp3) is 0.333. The van der Waals surface area contributed by atoms with E-state index in [-0.39, 0.29) is 25.6 Å². The molecular weight excluding hydrogens is 549 g/mol. The molecule has 0 saturated carbocycles. The highest BCUT2D eigenvalue weighted by Gasteiger charge is 2.22. The number of urea groups is 1. The van der Waals surface area contributed by atoms with Gasteiger partial charge in [-0.1, -0.05) is 35.3 Å². The lowest BCUT2D eigenvalue weighted by Gasteiger charge is -2.28.